The summed E-state index contributed by atoms with van der Waals surface area (Å²) in [7, 11) is 1.62. The summed E-state index contributed by atoms with van der Waals surface area (Å²) in [4.78, 5) is 11.9. The van der Waals surface area contributed by atoms with E-state index in [0.717, 1.165) is 15.8 Å². The highest BCUT2D eigenvalue weighted by atomic mass is 79.9. The molecule has 0 spiro atoms. The summed E-state index contributed by atoms with van der Waals surface area (Å²) in [6.07, 6.45) is 0. The predicted molar refractivity (Wildman–Crippen MR) is 89.2 cm³/mol. The number of amides is 1. The van der Waals surface area contributed by atoms with E-state index in [9.17, 15) is 4.79 Å². The van der Waals surface area contributed by atoms with Crippen LogP contribution in [0.1, 0.15) is 18.5 Å². The summed E-state index contributed by atoms with van der Waals surface area (Å²) in [5.74, 6) is 1.27. The number of methoxy groups -OCH3 is 1. The van der Waals surface area contributed by atoms with E-state index in [4.69, 9.17) is 9.47 Å². The zero-order valence-corrected chi connectivity index (χ0v) is 14.1. The first kappa shape index (κ1) is 16.4. The van der Waals surface area contributed by atoms with E-state index in [2.05, 4.69) is 21.2 Å². The maximum atomic E-state index is 11.9. The summed E-state index contributed by atoms with van der Waals surface area (Å²) in [6.45, 7) is 1.92. The SMILES string of the molecule is COc1ccc(C(C)NC(=O)COc2ccccc2)cc1Br. The minimum Gasteiger partial charge on any atom is -0.496 e. The van der Waals surface area contributed by atoms with Gasteiger partial charge in [0.2, 0.25) is 0 Å². The Balaban J connectivity index is 1.89. The predicted octanol–water partition coefficient (Wildman–Crippen LogP) is 3.71. The van der Waals surface area contributed by atoms with Crippen molar-refractivity contribution in [1.82, 2.24) is 5.32 Å². The fourth-order valence-corrected chi connectivity index (χ4v) is 2.54. The van der Waals surface area contributed by atoms with Crippen molar-refractivity contribution < 1.29 is 14.3 Å². The van der Waals surface area contributed by atoms with E-state index >= 15 is 0 Å². The van der Waals surface area contributed by atoms with Crippen molar-refractivity contribution in [2.45, 2.75) is 13.0 Å². The van der Waals surface area contributed by atoms with Gasteiger partial charge in [0.25, 0.3) is 5.91 Å². The average molecular weight is 364 g/mol. The van der Waals surface area contributed by atoms with E-state index in [1.807, 2.05) is 55.5 Å². The number of para-hydroxylation sites is 1. The van der Waals surface area contributed by atoms with Crippen LogP contribution in [0.5, 0.6) is 11.5 Å². The number of rotatable bonds is 6. The molecule has 0 aliphatic carbocycles. The fraction of sp³-hybridized carbons (Fsp3) is 0.235. The molecule has 0 aliphatic rings. The van der Waals surface area contributed by atoms with E-state index < -0.39 is 0 Å². The fourth-order valence-electron chi connectivity index (χ4n) is 1.98. The Labute approximate surface area is 138 Å². The molecule has 0 saturated heterocycles. The van der Waals surface area contributed by atoms with E-state index in [1.54, 1.807) is 7.11 Å². The van der Waals surface area contributed by atoms with Crippen LogP contribution in [0.2, 0.25) is 0 Å². The van der Waals surface area contributed by atoms with E-state index in [1.165, 1.54) is 0 Å². The van der Waals surface area contributed by atoms with Crippen molar-refractivity contribution in [1.29, 1.82) is 0 Å². The molecule has 0 aromatic heterocycles. The van der Waals surface area contributed by atoms with Crippen molar-refractivity contribution in [3.8, 4) is 11.5 Å². The zero-order valence-electron chi connectivity index (χ0n) is 12.5. The second kappa shape index (κ2) is 7.84. The van der Waals surface area contributed by atoms with Gasteiger partial charge in [0.1, 0.15) is 11.5 Å². The minimum absolute atomic E-state index is 0.00826. The molecule has 5 heteroatoms. The summed E-state index contributed by atoms with van der Waals surface area (Å²) in [6, 6.07) is 14.9. The zero-order chi connectivity index (χ0) is 15.9. The van der Waals surface area contributed by atoms with Gasteiger partial charge in [0, 0.05) is 0 Å². The van der Waals surface area contributed by atoms with Gasteiger partial charge in [-0.05, 0) is 52.7 Å². The van der Waals surface area contributed by atoms with Crippen LogP contribution >= 0.6 is 15.9 Å². The molecule has 0 aliphatic heterocycles. The third-order valence-corrected chi connectivity index (χ3v) is 3.79. The molecule has 1 unspecified atom stereocenters. The monoisotopic (exact) mass is 363 g/mol. The Morgan fingerprint density at radius 1 is 1.23 bits per heavy atom. The van der Waals surface area contributed by atoms with Gasteiger partial charge in [0.15, 0.2) is 6.61 Å². The summed E-state index contributed by atoms with van der Waals surface area (Å²) < 4.78 is 11.5. The van der Waals surface area contributed by atoms with Crippen LogP contribution in [-0.4, -0.2) is 19.6 Å². The van der Waals surface area contributed by atoms with Crippen molar-refractivity contribution in [2.24, 2.45) is 0 Å². The maximum Gasteiger partial charge on any atom is 0.258 e. The number of ether oxygens (including phenoxy) is 2. The van der Waals surface area contributed by atoms with Crippen LogP contribution in [0, 0.1) is 0 Å². The molecule has 0 heterocycles. The highest BCUT2D eigenvalue weighted by Crippen LogP contribution is 2.27. The molecule has 2 aromatic rings. The van der Waals surface area contributed by atoms with Gasteiger partial charge in [-0.15, -0.1) is 0 Å². The first-order valence-corrected chi connectivity index (χ1v) is 7.70. The lowest BCUT2D eigenvalue weighted by Crippen LogP contribution is -2.31. The smallest absolute Gasteiger partial charge is 0.258 e. The first-order chi connectivity index (χ1) is 10.6. The Hall–Kier alpha value is -2.01. The largest absolute Gasteiger partial charge is 0.496 e. The Kier molecular flexibility index (Phi) is 5.83. The van der Waals surface area contributed by atoms with Crippen molar-refractivity contribution in [3.05, 3.63) is 58.6 Å². The van der Waals surface area contributed by atoms with Crippen LogP contribution < -0.4 is 14.8 Å². The van der Waals surface area contributed by atoms with Gasteiger partial charge in [-0.3, -0.25) is 4.79 Å². The molecule has 2 aromatic carbocycles. The van der Waals surface area contributed by atoms with Gasteiger partial charge >= 0.3 is 0 Å². The van der Waals surface area contributed by atoms with Gasteiger partial charge in [-0.25, -0.2) is 0 Å². The summed E-state index contributed by atoms with van der Waals surface area (Å²) >= 11 is 3.44. The number of carbonyl (C=O) groups is 1. The van der Waals surface area contributed by atoms with Gasteiger partial charge < -0.3 is 14.8 Å². The number of carbonyl (C=O) groups excluding carboxylic acids is 1. The normalized spacial score (nSPS) is 11.6. The number of hydrogen-bond donors (Lipinski definition) is 1. The minimum atomic E-state index is -0.164. The lowest BCUT2D eigenvalue weighted by molar-refractivity contribution is -0.123. The van der Waals surface area contributed by atoms with Crippen LogP contribution in [0.3, 0.4) is 0 Å². The van der Waals surface area contributed by atoms with Crippen LogP contribution in [-0.2, 0) is 4.79 Å². The highest BCUT2D eigenvalue weighted by Gasteiger charge is 2.12. The lowest BCUT2D eigenvalue weighted by Gasteiger charge is -2.16. The average Bonchev–Trinajstić information content (AvgIpc) is 2.53. The van der Waals surface area contributed by atoms with Gasteiger partial charge in [-0.1, -0.05) is 24.3 Å². The highest BCUT2D eigenvalue weighted by molar-refractivity contribution is 9.10. The maximum absolute atomic E-state index is 11.9. The molecule has 0 radical (unpaired) electrons. The van der Waals surface area contributed by atoms with Crippen molar-refractivity contribution in [2.75, 3.05) is 13.7 Å². The molecule has 0 fully saturated rings. The molecule has 1 atom stereocenters. The summed E-state index contributed by atoms with van der Waals surface area (Å²) in [5, 5.41) is 2.91. The van der Waals surface area contributed by atoms with Gasteiger partial charge in [-0.2, -0.15) is 0 Å². The van der Waals surface area contributed by atoms with Gasteiger partial charge in [0.05, 0.1) is 17.6 Å². The molecule has 116 valence electrons. The number of hydrogen-bond acceptors (Lipinski definition) is 3. The van der Waals surface area contributed by atoms with Crippen molar-refractivity contribution in [3.63, 3.8) is 0 Å². The quantitative estimate of drug-likeness (QED) is 0.850. The third kappa shape index (κ3) is 4.49. The molecule has 1 N–H and O–H groups in total. The molecular weight excluding hydrogens is 346 g/mol. The van der Waals surface area contributed by atoms with Crippen molar-refractivity contribution >= 4 is 21.8 Å². The van der Waals surface area contributed by atoms with Crippen LogP contribution in [0.4, 0.5) is 0 Å². The Bertz CT molecular complexity index is 631. The molecule has 0 saturated carbocycles. The summed E-state index contributed by atoms with van der Waals surface area (Å²) in [5.41, 5.74) is 0.987. The Morgan fingerprint density at radius 2 is 1.95 bits per heavy atom. The number of halogens is 1. The Morgan fingerprint density at radius 3 is 2.59 bits per heavy atom. The first-order valence-electron chi connectivity index (χ1n) is 6.91. The second-order valence-corrected chi connectivity index (χ2v) is 5.64. The lowest BCUT2D eigenvalue weighted by atomic mass is 10.1. The topological polar surface area (TPSA) is 47.6 Å². The second-order valence-electron chi connectivity index (χ2n) is 4.78. The standard InChI is InChI=1S/C17H18BrNO3/c1-12(13-8-9-16(21-2)15(18)10-13)19-17(20)11-22-14-6-4-3-5-7-14/h3-10,12H,11H2,1-2H3,(H,19,20). The molecule has 22 heavy (non-hydrogen) atoms. The molecular formula is C17H18BrNO3. The molecule has 4 nitrogen and oxygen atoms in total. The number of benzene rings is 2. The van der Waals surface area contributed by atoms with E-state index in [0.29, 0.717) is 5.75 Å². The molecule has 1 amide bonds. The third-order valence-electron chi connectivity index (χ3n) is 3.17. The van der Waals surface area contributed by atoms with E-state index in [-0.39, 0.29) is 18.6 Å². The molecule has 2 rings (SSSR count). The van der Waals surface area contributed by atoms with Crippen LogP contribution in [0.25, 0.3) is 0 Å². The molecule has 0 bridgehead atoms. The number of nitrogens with one attached hydrogen (secondary N) is 1. The van der Waals surface area contributed by atoms with Crippen LogP contribution in [0.15, 0.2) is 53.0 Å².